The lowest BCUT2D eigenvalue weighted by atomic mass is 9.94. The predicted octanol–water partition coefficient (Wildman–Crippen LogP) is 2.68. The lowest BCUT2D eigenvalue weighted by molar-refractivity contribution is 0.129. The van der Waals surface area contributed by atoms with Gasteiger partial charge in [0.25, 0.3) is 0 Å². The zero-order valence-electron chi connectivity index (χ0n) is 11.7. The minimum absolute atomic E-state index is 0.258. The fourth-order valence-electron chi connectivity index (χ4n) is 3.23. The first kappa shape index (κ1) is 13.6. The molecule has 0 radical (unpaired) electrons. The molecule has 1 saturated carbocycles. The van der Waals surface area contributed by atoms with Crippen LogP contribution in [0, 0.1) is 5.92 Å². The first-order valence-electron chi connectivity index (χ1n) is 7.11. The third-order valence-corrected chi connectivity index (χ3v) is 4.60. The Hall–Kier alpha value is -0.860. The molecule has 0 saturated heterocycles. The number of nitrogens with two attached hydrogens (primary N) is 1. The molecule has 2 nitrogen and oxygen atoms in total. The molecule has 2 rings (SSSR count). The molecule has 0 amide bonds. The van der Waals surface area contributed by atoms with Gasteiger partial charge >= 0.3 is 0 Å². The summed E-state index contributed by atoms with van der Waals surface area (Å²) in [4.78, 5) is 2.50. The normalized spacial score (nSPS) is 27.9. The first-order valence-corrected chi connectivity index (χ1v) is 7.11. The van der Waals surface area contributed by atoms with E-state index >= 15 is 0 Å². The summed E-state index contributed by atoms with van der Waals surface area (Å²) in [5, 5.41) is 0. The van der Waals surface area contributed by atoms with Crippen molar-refractivity contribution >= 4 is 0 Å². The highest BCUT2D eigenvalue weighted by Gasteiger charge is 2.39. The van der Waals surface area contributed by atoms with E-state index in [1.165, 1.54) is 24.8 Å². The zero-order valence-corrected chi connectivity index (χ0v) is 11.7. The van der Waals surface area contributed by atoms with E-state index in [-0.39, 0.29) is 5.54 Å². The van der Waals surface area contributed by atoms with Gasteiger partial charge in [-0.05, 0) is 44.2 Å². The van der Waals surface area contributed by atoms with Crippen molar-refractivity contribution in [2.45, 2.75) is 38.1 Å². The molecule has 1 fully saturated rings. The molecule has 18 heavy (non-hydrogen) atoms. The Morgan fingerprint density at radius 1 is 1.33 bits per heavy atom. The van der Waals surface area contributed by atoms with E-state index in [0.29, 0.717) is 0 Å². The van der Waals surface area contributed by atoms with E-state index in [2.05, 4.69) is 49.2 Å². The average Bonchev–Trinajstić information content (AvgIpc) is 2.80. The van der Waals surface area contributed by atoms with Gasteiger partial charge in [-0.1, -0.05) is 37.3 Å². The molecule has 1 aromatic rings. The Bertz CT molecular complexity index is 363. The quantitative estimate of drug-likeness (QED) is 0.865. The maximum atomic E-state index is 6.06. The van der Waals surface area contributed by atoms with Crippen molar-refractivity contribution in [2.75, 3.05) is 20.1 Å². The van der Waals surface area contributed by atoms with Gasteiger partial charge in [-0.15, -0.1) is 0 Å². The molecular weight excluding hydrogens is 220 g/mol. The van der Waals surface area contributed by atoms with E-state index < -0.39 is 0 Å². The van der Waals surface area contributed by atoms with Gasteiger partial charge in [-0.2, -0.15) is 0 Å². The molecule has 2 N–H and O–H groups in total. The third-order valence-electron chi connectivity index (χ3n) is 4.60. The summed E-state index contributed by atoms with van der Waals surface area (Å²) in [5.41, 5.74) is 7.74. The van der Waals surface area contributed by atoms with Crippen LogP contribution in [0.1, 0.15) is 31.7 Å². The van der Waals surface area contributed by atoms with Gasteiger partial charge < -0.3 is 5.73 Å². The summed E-state index contributed by atoms with van der Waals surface area (Å²) in [6, 6.07) is 10.7. The Morgan fingerprint density at radius 3 is 2.61 bits per heavy atom. The lowest BCUT2D eigenvalue weighted by Crippen LogP contribution is -2.50. The molecule has 0 heterocycles. The van der Waals surface area contributed by atoms with Gasteiger partial charge in [0, 0.05) is 18.6 Å². The van der Waals surface area contributed by atoms with Gasteiger partial charge in [-0.25, -0.2) is 0 Å². The van der Waals surface area contributed by atoms with Crippen LogP contribution in [0.15, 0.2) is 30.3 Å². The van der Waals surface area contributed by atoms with Crippen molar-refractivity contribution in [1.82, 2.24) is 4.90 Å². The van der Waals surface area contributed by atoms with Crippen molar-refractivity contribution in [1.29, 1.82) is 0 Å². The van der Waals surface area contributed by atoms with Crippen LogP contribution in [0.5, 0.6) is 0 Å². The van der Waals surface area contributed by atoms with Gasteiger partial charge in [0.05, 0.1) is 0 Å². The highest BCUT2D eigenvalue weighted by Crippen LogP contribution is 2.37. The largest absolute Gasteiger partial charge is 0.329 e. The number of likely N-dealkylation sites (N-methyl/N-ethyl adjacent to an activating group) is 1. The average molecular weight is 246 g/mol. The molecule has 0 spiro atoms. The Labute approximate surface area is 111 Å². The van der Waals surface area contributed by atoms with Gasteiger partial charge in [0.15, 0.2) is 0 Å². The maximum absolute atomic E-state index is 6.06. The molecule has 2 heteroatoms. The second-order valence-corrected chi connectivity index (χ2v) is 5.93. The molecule has 100 valence electrons. The van der Waals surface area contributed by atoms with Crippen LogP contribution in [0.3, 0.4) is 0 Å². The van der Waals surface area contributed by atoms with E-state index in [1.54, 1.807) is 0 Å². The van der Waals surface area contributed by atoms with Crippen LogP contribution in [-0.2, 0) is 6.42 Å². The van der Waals surface area contributed by atoms with Crippen LogP contribution in [0.2, 0.25) is 0 Å². The van der Waals surface area contributed by atoms with Crippen molar-refractivity contribution in [3.8, 4) is 0 Å². The molecule has 0 aliphatic heterocycles. The van der Waals surface area contributed by atoms with Crippen molar-refractivity contribution < 1.29 is 0 Å². The number of rotatable bonds is 5. The Balaban J connectivity index is 1.92. The van der Waals surface area contributed by atoms with Crippen LogP contribution in [0.25, 0.3) is 0 Å². The summed E-state index contributed by atoms with van der Waals surface area (Å²) >= 11 is 0. The van der Waals surface area contributed by atoms with Crippen LogP contribution in [-0.4, -0.2) is 30.6 Å². The molecule has 2 atom stereocenters. The van der Waals surface area contributed by atoms with E-state index in [1.807, 2.05) is 0 Å². The van der Waals surface area contributed by atoms with Crippen molar-refractivity contribution in [3.63, 3.8) is 0 Å². The van der Waals surface area contributed by atoms with Crippen molar-refractivity contribution in [2.24, 2.45) is 11.7 Å². The Morgan fingerprint density at radius 2 is 2.06 bits per heavy atom. The number of nitrogens with zero attached hydrogens (tertiary/aromatic N) is 1. The van der Waals surface area contributed by atoms with Crippen LogP contribution >= 0.6 is 0 Å². The summed E-state index contributed by atoms with van der Waals surface area (Å²) in [6.45, 7) is 4.25. The zero-order chi connectivity index (χ0) is 13.0. The van der Waals surface area contributed by atoms with Gasteiger partial charge in [-0.3, -0.25) is 4.90 Å². The van der Waals surface area contributed by atoms with Crippen LogP contribution < -0.4 is 5.73 Å². The third kappa shape index (κ3) is 2.93. The first-order chi connectivity index (χ1) is 8.66. The molecule has 2 unspecified atom stereocenters. The Kier molecular flexibility index (Phi) is 4.41. The van der Waals surface area contributed by atoms with Gasteiger partial charge in [0.1, 0.15) is 0 Å². The highest BCUT2D eigenvalue weighted by atomic mass is 15.2. The lowest BCUT2D eigenvalue weighted by Gasteiger charge is -2.38. The summed E-state index contributed by atoms with van der Waals surface area (Å²) in [7, 11) is 2.24. The number of hydrogen-bond acceptors (Lipinski definition) is 2. The monoisotopic (exact) mass is 246 g/mol. The standard InChI is InChI=1S/C16H26N2/c1-14-8-10-16(12-14,13-17)18(2)11-9-15-6-4-3-5-7-15/h3-7,14H,8-13,17H2,1-2H3. The molecule has 1 aliphatic carbocycles. The highest BCUT2D eigenvalue weighted by molar-refractivity contribution is 5.15. The minimum Gasteiger partial charge on any atom is -0.329 e. The molecule has 1 aromatic carbocycles. The summed E-state index contributed by atoms with van der Waals surface area (Å²) in [6.07, 6.45) is 4.96. The van der Waals surface area contributed by atoms with Crippen LogP contribution in [0.4, 0.5) is 0 Å². The fraction of sp³-hybridized carbons (Fsp3) is 0.625. The summed E-state index contributed by atoms with van der Waals surface area (Å²) in [5.74, 6) is 0.827. The number of hydrogen-bond donors (Lipinski definition) is 1. The molecule has 0 aromatic heterocycles. The SMILES string of the molecule is CC1CCC(CN)(N(C)CCc2ccccc2)C1. The second kappa shape index (κ2) is 5.85. The van der Waals surface area contributed by atoms with E-state index in [0.717, 1.165) is 25.4 Å². The number of benzene rings is 1. The fourth-order valence-corrected chi connectivity index (χ4v) is 3.23. The molecule has 0 bridgehead atoms. The predicted molar refractivity (Wildman–Crippen MR) is 77.6 cm³/mol. The molecular formula is C16H26N2. The molecule has 1 aliphatic rings. The minimum atomic E-state index is 0.258. The van der Waals surface area contributed by atoms with Gasteiger partial charge in [0.2, 0.25) is 0 Å². The second-order valence-electron chi connectivity index (χ2n) is 5.93. The topological polar surface area (TPSA) is 29.3 Å². The van der Waals surface area contributed by atoms with Crippen molar-refractivity contribution in [3.05, 3.63) is 35.9 Å². The smallest absolute Gasteiger partial charge is 0.0331 e. The summed E-state index contributed by atoms with van der Waals surface area (Å²) < 4.78 is 0. The van der Waals surface area contributed by atoms with E-state index in [9.17, 15) is 0 Å². The van der Waals surface area contributed by atoms with E-state index in [4.69, 9.17) is 5.73 Å². The maximum Gasteiger partial charge on any atom is 0.0331 e.